The van der Waals surface area contributed by atoms with Crippen LogP contribution in [0.3, 0.4) is 0 Å². The van der Waals surface area contributed by atoms with Gasteiger partial charge >= 0.3 is 5.97 Å². The number of anilines is 1. The normalized spacial score (nSPS) is 11.0. The molecule has 124 valence electrons. The molecule has 2 N–H and O–H groups in total. The molecule has 0 unspecified atom stereocenters. The van der Waals surface area contributed by atoms with Crippen molar-refractivity contribution < 1.29 is 9.53 Å². The maximum atomic E-state index is 11.8. The fourth-order valence-corrected chi connectivity index (χ4v) is 3.13. The molecule has 0 aliphatic carbocycles. The van der Waals surface area contributed by atoms with Gasteiger partial charge < -0.3 is 15.0 Å². The van der Waals surface area contributed by atoms with Crippen molar-refractivity contribution in [3.05, 3.63) is 46.2 Å². The Balaban J connectivity index is 2.38. The molecule has 3 aromatic rings. The van der Waals surface area contributed by atoms with Crippen LogP contribution >= 0.6 is 23.8 Å². The van der Waals surface area contributed by atoms with Gasteiger partial charge in [0.1, 0.15) is 0 Å². The summed E-state index contributed by atoms with van der Waals surface area (Å²) < 4.78 is 9.61. The first-order valence-corrected chi connectivity index (χ1v) is 8.19. The molecule has 0 amide bonds. The van der Waals surface area contributed by atoms with Crippen molar-refractivity contribution in [2.75, 3.05) is 5.73 Å². The zero-order chi connectivity index (χ0) is 17.4. The van der Waals surface area contributed by atoms with Gasteiger partial charge in [0.05, 0.1) is 27.4 Å². The van der Waals surface area contributed by atoms with E-state index in [9.17, 15) is 4.79 Å². The number of imidazole rings is 1. The third-order valence-electron chi connectivity index (χ3n) is 3.80. The number of carbonyl (C=O) groups excluding carboxylic acids is 1. The monoisotopic (exact) mass is 361 g/mol. The lowest BCUT2D eigenvalue weighted by atomic mass is 10.2. The van der Waals surface area contributed by atoms with Crippen molar-refractivity contribution in [2.45, 2.75) is 13.3 Å². The number of nitrogens with zero attached hydrogens (tertiary/aromatic N) is 2. The second-order valence-corrected chi connectivity index (χ2v) is 6.08. The number of hydrogen-bond donors (Lipinski definition) is 1. The van der Waals surface area contributed by atoms with E-state index in [1.807, 2.05) is 23.7 Å². The molecule has 2 aromatic carbocycles. The van der Waals surface area contributed by atoms with Crippen molar-refractivity contribution >= 4 is 46.5 Å². The van der Waals surface area contributed by atoms with Gasteiger partial charge in [-0.3, -0.25) is 9.36 Å². The van der Waals surface area contributed by atoms with E-state index in [4.69, 9.17) is 34.3 Å². The molecule has 1 aromatic heterocycles. The molecule has 0 aliphatic rings. The smallest absolute Gasteiger partial charge is 0.311 e. The highest BCUT2D eigenvalue weighted by Gasteiger charge is 2.19. The van der Waals surface area contributed by atoms with Crippen LogP contribution in [-0.2, 0) is 11.8 Å². The summed E-state index contributed by atoms with van der Waals surface area (Å²) in [6, 6.07) is 10.8. The van der Waals surface area contributed by atoms with Gasteiger partial charge in [0.25, 0.3) is 0 Å². The number of esters is 1. The Bertz CT molecular complexity index is 1010. The minimum absolute atomic E-state index is 0.246. The lowest BCUT2D eigenvalue weighted by molar-refractivity contribution is -0.133. The second kappa shape index (κ2) is 6.30. The lowest BCUT2D eigenvalue weighted by Gasteiger charge is -2.14. The highest BCUT2D eigenvalue weighted by atomic mass is 35.5. The Morgan fingerprint density at radius 3 is 2.71 bits per heavy atom. The Kier molecular flexibility index (Phi) is 4.34. The molecule has 5 nitrogen and oxygen atoms in total. The largest absolute Gasteiger partial charge is 0.422 e. The van der Waals surface area contributed by atoms with E-state index in [0.29, 0.717) is 21.2 Å². The number of rotatable bonds is 3. The molecule has 0 radical (unpaired) electrons. The van der Waals surface area contributed by atoms with Crippen molar-refractivity contribution in [1.82, 2.24) is 9.13 Å². The number of nitrogen functional groups attached to an aromatic ring is 1. The minimum atomic E-state index is -0.369. The van der Waals surface area contributed by atoms with Gasteiger partial charge in [0, 0.05) is 13.5 Å². The van der Waals surface area contributed by atoms with E-state index in [1.54, 1.807) is 35.8 Å². The number of hydrogen-bond acceptors (Lipinski definition) is 4. The number of fused-ring (bicyclic) bond motifs is 1. The van der Waals surface area contributed by atoms with Crippen molar-refractivity contribution in [1.29, 1.82) is 0 Å². The van der Waals surface area contributed by atoms with Gasteiger partial charge in [-0.1, -0.05) is 30.7 Å². The van der Waals surface area contributed by atoms with E-state index < -0.39 is 0 Å². The summed E-state index contributed by atoms with van der Waals surface area (Å²) >= 11 is 12.0. The average molecular weight is 362 g/mol. The van der Waals surface area contributed by atoms with Crippen molar-refractivity contribution in [2.24, 2.45) is 7.05 Å². The molecule has 24 heavy (non-hydrogen) atoms. The first kappa shape index (κ1) is 16.5. The predicted molar refractivity (Wildman–Crippen MR) is 98.4 cm³/mol. The molecule has 7 heteroatoms. The second-order valence-electron chi connectivity index (χ2n) is 5.31. The van der Waals surface area contributed by atoms with Crippen LogP contribution in [0.2, 0.25) is 5.02 Å². The Morgan fingerprint density at radius 2 is 2.00 bits per heavy atom. The van der Waals surface area contributed by atoms with Gasteiger partial charge in [-0.2, -0.15) is 0 Å². The SMILES string of the molecule is CCC(=O)Oc1c(N)cccc1-n1c(=S)n(C)c2cccc(Cl)c21. The average Bonchev–Trinajstić information content (AvgIpc) is 2.82. The number of aryl methyl sites for hydroxylation is 1. The molecule has 0 saturated heterocycles. The highest BCUT2D eigenvalue weighted by molar-refractivity contribution is 7.71. The number of ether oxygens (including phenoxy) is 1. The number of aromatic nitrogens is 2. The number of nitrogens with two attached hydrogens (primary N) is 1. The Hall–Kier alpha value is -2.31. The molecule has 0 saturated carbocycles. The lowest BCUT2D eigenvalue weighted by Crippen LogP contribution is -2.10. The maximum Gasteiger partial charge on any atom is 0.311 e. The summed E-state index contributed by atoms with van der Waals surface area (Å²) in [6.07, 6.45) is 0.246. The quantitative estimate of drug-likeness (QED) is 0.328. The highest BCUT2D eigenvalue weighted by Crippen LogP contribution is 2.35. The molecule has 0 atom stereocenters. The fraction of sp³-hybridized carbons (Fsp3) is 0.176. The van der Waals surface area contributed by atoms with Crippen LogP contribution in [0.1, 0.15) is 13.3 Å². The topological polar surface area (TPSA) is 62.2 Å². The summed E-state index contributed by atoms with van der Waals surface area (Å²) in [7, 11) is 1.86. The van der Waals surface area contributed by atoms with Crippen LogP contribution in [0.5, 0.6) is 5.75 Å². The van der Waals surface area contributed by atoms with E-state index in [0.717, 1.165) is 11.0 Å². The Morgan fingerprint density at radius 1 is 1.29 bits per heavy atom. The Labute approximate surface area is 149 Å². The molecule has 0 spiro atoms. The molecule has 0 fully saturated rings. The number of para-hydroxylation sites is 2. The van der Waals surface area contributed by atoms with Crippen LogP contribution in [0, 0.1) is 4.77 Å². The standard InChI is InChI=1S/C17H16ClN3O2S/c1-3-14(22)23-16-11(19)7-5-9-13(16)21-15-10(18)6-4-8-12(15)20(2)17(21)24/h4-9H,3,19H2,1-2H3. The number of benzene rings is 2. The van der Waals surface area contributed by atoms with Gasteiger partial charge in [-0.25, -0.2) is 0 Å². The summed E-state index contributed by atoms with van der Waals surface area (Å²) in [6.45, 7) is 1.72. The van der Waals surface area contributed by atoms with Crippen LogP contribution < -0.4 is 10.5 Å². The van der Waals surface area contributed by atoms with Gasteiger partial charge in [-0.05, 0) is 36.5 Å². The van der Waals surface area contributed by atoms with Crippen molar-refractivity contribution in [3.63, 3.8) is 0 Å². The fourth-order valence-electron chi connectivity index (χ4n) is 2.58. The van der Waals surface area contributed by atoms with Crippen LogP contribution in [0.4, 0.5) is 5.69 Å². The summed E-state index contributed by atoms with van der Waals surface area (Å²) in [4.78, 5) is 11.8. The van der Waals surface area contributed by atoms with Gasteiger partial charge in [0.2, 0.25) is 0 Å². The van der Waals surface area contributed by atoms with Crippen LogP contribution in [0.15, 0.2) is 36.4 Å². The van der Waals surface area contributed by atoms with E-state index >= 15 is 0 Å². The van der Waals surface area contributed by atoms with E-state index in [1.165, 1.54) is 0 Å². The van der Waals surface area contributed by atoms with E-state index in [-0.39, 0.29) is 18.1 Å². The van der Waals surface area contributed by atoms with Gasteiger partial charge in [-0.15, -0.1) is 0 Å². The predicted octanol–water partition coefficient (Wildman–Crippen LogP) is 4.25. The summed E-state index contributed by atoms with van der Waals surface area (Å²) in [5.74, 6) is -0.0835. The van der Waals surface area contributed by atoms with E-state index in [2.05, 4.69) is 0 Å². The zero-order valence-electron chi connectivity index (χ0n) is 13.2. The molecule has 1 heterocycles. The first-order chi connectivity index (χ1) is 11.5. The maximum absolute atomic E-state index is 11.8. The molecule has 3 rings (SSSR count). The summed E-state index contributed by atoms with van der Waals surface area (Å²) in [5, 5.41) is 0.550. The third kappa shape index (κ3) is 2.57. The minimum Gasteiger partial charge on any atom is -0.422 e. The van der Waals surface area contributed by atoms with Crippen LogP contribution in [0.25, 0.3) is 16.7 Å². The number of halogens is 1. The molecular weight excluding hydrogens is 346 g/mol. The third-order valence-corrected chi connectivity index (χ3v) is 4.56. The first-order valence-electron chi connectivity index (χ1n) is 7.41. The van der Waals surface area contributed by atoms with Crippen LogP contribution in [-0.4, -0.2) is 15.1 Å². The molecular formula is C17H16ClN3O2S. The molecule has 0 bridgehead atoms. The van der Waals surface area contributed by atoms with Gasteiger partial charge in [0.15, 0.2) is 10.5 Å². The summed E-state index contributed by atoms with van der Waals surface area (Å²) in [5.41, 5.74) is 8.60. The number of carbonyl (C=O) groups is 1. The molecule has 0 aliphatic heterocycles. The zero-order valence-corrected chi connectivity index (χ0v) is 14.8. The van der Waals surface area contributed by atoms with Crippen molar-refractivity contribution in [3.8, 4) is 11.4 Å².